The Hall–Kier alpha value is -5.20. The van der Waals surface area contributed by atoms with Gasteiger partial charge in [-0.1, -0.05) is 64.4 Å². The number of methoxy groups -OCH3 is 1. The molecular formula is C41H53N5O8. The van der Waals surface area contributed by atoms with E-state index in [1.165, 1.54) is 4.90 Å². The molecule has 1 saturated heterocycles. The number of rotatable bonds is 13. The summed E-state index contributed by atoms with van der Waals surface area (Å²) in [5.74, 6) is -1.46. The van der Waals surface area contributed by atoms with Crippen molar-refractivity contribution in [2.45, 2.75) is 116 Å². The van der Waals surface area contributed by atoms with Gasteiger partial charge in [0.05, 0.1) is 30.9 Å². The molecule has 4 amide bonds. The Kier molecular flexibility index (Phi) is 12.2. The first-order chi connectivity index (χ1) is 25.5. The Morgan fingerprint density at radius 1 is 0.944 bits per heavy atom. The van der Waals surface area contributed by atoms with Crippen molar-refractivity contribution in [3.63, 3.8) is 0 Å². The van der Waals surface area contributed by atoms with E-state index in [2.05, 4.69) is 16.0 Å². The molecule has 3 N–H and O–H groups in total. The minimum atomic E-state index is -1.09. The third-order valence-electron chi connectivity index (χ3n) is 9.31. The highest BCUT2D eigenvalue weighted by molar-refractivity contribution is 6.38. The number of nitrogens with zero attached hydrogens (tertiary/aromatic N) is 2. The zero-order valence-corrected chi connectivity index (χ0v) is 32.5. The van der Waals surface area contributed by atoms with Gasteiger partial charge in [0.15, 0.2) is 0 Å². The van der Waals surface area contributed by atoms with Gasteiger partial charge < -0.3 is 35.1 Å². The van der Waals surface area contributed by atoms with E-state index >= 15 is 0 Å². The summed E-state index contributed by atoms with van der Waals surface area (Å²) in [6.45, 7) is 12.5. The summed E-state index contributed by atoms with van der Waals surface area (Å²) in [6.07, 6.45) is 1.01. The largest absolute Gasteiger partial charge is 0.497 e. The number of aromatic nitrogens is 1. The van der Waals surface area contributed by atoms with Gasteiger partial charge in [-0.15, -0.1) is 0 Å². The van der Waals surface area contributed by atoms with Gasteiger partial charge in [0, 0.05) is 35.5 Å². The van der Waals surface area contributed by atoms with Gasteiger partial charge in [-0.25, -0.2) is 9.78 Å². The molecule has 0 spiro atoms. The monoisotopic (exact) mass is 743 g/mol. The lowest BCUT2D eigenvalue weighted by Gasteiger charge is -2.35. The maximum absolute atomic E-state index is 14.6. The van der Waals surface area contributed by atoms with Crippen molar-refractivity contribution in [3.05, 3.63) is 54.6 Å². The molecular weight excluding hydrogens is 690 g/mol. The fraction of sp³-hybridized carbons (Fsp3) is 0.512. The summed E-state index contributed by atoms with van der Waals surface area (Å²) in [6, 6.07) is 13.7. The number of hydrogen-bond acceptors (Lipinski definition) is 9. The number of pyridine rings is 1. The number of hydrogen-bond donors (Lipinski definition) is 3. The molecule has 1 aliphatic carbocycles. The van der Waals surface area contributed by atoms with Crippen molar-refractivity contribution in [1.82, 2.24) is 25.8 Å². The number of likely N-dealkylation sites (tertiary alicyclic amines) is 1. The Morgan fingerprint density at radius 2 is 1.65 bits per heavy atom. The van der Waals surface area contributed by atoms with Gasteiger partial charge in [0.25, 0.3) is 5.91 Å². The van der Waals surface area contributed by atoms with E-state index in [1.54, 1.807) is 33.9 Å². The fourth-order valence-electron chi connectivity index (χ4n) is 6.42. The Balaban J connectivity index is 1.49. The van der Waals surface area contributed by atoms with E-state index in [9.17, 15) is 24.0 Å². The molecule has 5 rings (SSSR count). The smallest absolute Gasteiger partial charge is 0.408 e. The number of amides is 4. The SMILES string of the molecule is CCC[C@H](NC(=O)[C@@H]1C[C@@H](Oc2cc(-c3ccccc3)nc3cc(OC)ccc23)CN1C(=O)[C@@H](NC(=O)OC(C)(C)C)C(C)(C)C)C(=O)C(=O)NC1CC1. The van der Waals surface area contributed by atoms with Crippen LogP contribution in [0.4, 0.5) is 4.79 Å². The second-order valence-corrected chi connectivity index (χ2v) is 16.1. The number of ketones is 1. The number of fused-ring (bicyclic) bond motifs is 1. The van der Waals surface area contributed by atoms with Crippen LogP contribution in [-0.4, -0.2) is 89.0 Å². The minimum absolute atomic E-state index is 0.00526. The van der Waals surface area contributed by atoms with Gasteiger partial charge in [0.1, 0.15) is 35.3 Å². The van der Waals surface area contributed by atoms with E-state index < -0.39 is 64.8 Å². The van der Waals surface area contributed by atoms with Crippen molar-refractivity contribution in [1.29, 1.82) is 0 Å². The first-order valence-corrected chi connectivity index (χ1v) is 18.6. The van der Waals surface area contributed by atoms with E-state index in [0.717, 1.165) is 18.4 Å². The van der Waals surface area contributed by atoms with Crippen molar-refractivity contribution >= 4 is 40.5 Å². The van der Waals surface area contributed by atoms with Gasteiger partial charge in [0.2, 0.25) is 17.6 Å². The van der Waals surface area contributed by atoms with Gasteiger partial charge in [-0.2, -0.15) is 0 Å². The number of ether oxygens (including phenoxy) is 3. The molecule has 2 fully saturated rings. The lowest BCUT2D eigenvalue weighted by molar-refractivity contribution is -0.144. The number of benzene rings is 2. The molecule has 2 heterocycles. The van der Waals surface area contributed by atoms with Crippen LogP contribution in [0.15, 0.2) is 54.6 Å². The summed E-state index contributed by atoms with van der Waals surface area (Å²) in [7, 11) is 1.58. The van der Waals surface area contributed by atoms with Crippen LogP contribution in [-0.2, 0) is 23.9 Å². The number of carbonyl (C=O) groups is 5. The standard InChI is InChI=1S/C41H53N5O8/c1-9-13-29(34(47)37(49)42-25-16-17-25)44-36(48)32-21-27(23-46(32)38(50)35(40(2,3)4)45-39(51)54-41(5,6)7)53-33-22-30(24-14-11-10-12-15-24)43-31-20-26(52-8)18-19-28(31)33/h10-12,14-15,18-20,22,25,27,29,32,35H,9,13,16-17,21,23H2,1-8H3,(H,42,49)(H,44,48)(H,45,51)/t27-,29+,32+,35-/m1/s1. The van der Waals surface area contributed by atoms with Gasteiger partial charge in [-0.05, 0) is 57.6 Å². The molecule has 13 heteroatoms. The lowest BCUT2D eigenvalue weighted by Crippen LogP contribution is -2.59. The van der Waals surface area contributed by atoms with Gasteiger partial charge in [-0.3, -0.25) is 19.2 Å². The summed E-state index contributed by atoms with van der Waals surface area (Å²) >= 11 is 0. The second-order valence-electron chi connectivity index (χ2n) is 16.1. The third-order valence-corrected chi connectivity index (χ3v) is 9.31. The van der Waals surface area contributed by atoms with E-state index in [1.807, 2.05) is 76.2 Å². The summed E-state index contributed by atoms with van der Waals surface area (Å²) < 4.78 is 17.7. The topological polar surface area (TPSA) is 165 Å². The maximum atomic E-state index is 14.6. The Bertz CT molecular complexity index is 1860. The number of alkyl carbamates (subject to hydrolysis) is 1. The normalized spacial score (nSPS) is 18.3. The highest BCUT2D eigenvalue weighted by Crippen LogP contribution is 2.35. The molecule has 1 saturated carbocycles. The molecule has 3 aromatic rings. The summed E-state index contributed by atoms with van der Waals surface area (Å²) in [5, 5.41) is 8.95. The molecule has 1 aromatic heterocycles. The quantitative estimate of drug-likeness (QED) is 0.196. The van der Waals surface area contributed by atoms with Crippen LogP contribution in [0.2, 0.25) is 0 Å². The van der Waals surface area contributed by atoms with E-state index in [-0.39, 0.29) is 25.4 Å². The molecule has 2 aromatic carbocycles. The summed E-state index contributed by atoms with van der Waals surface area (Å²) in [4.78, 5) is 74.1. The first-order valence-electron chi connectivity index (χ1n) is 18.6. The van der Waals surface area contributed by atoms with Gasteiger partial charge >= 0.3 is 6.09 Å². The number of Topliss-reactive ketones (excluding diaryl/α,β-unsaturated/α-hetero) is 1. The predicted molar refractivity (Wildman–Crippen MR) is 204 cm³/mol. The fourth-order valence-corrected chi connectivity index (χ4v) is 6.42. The molecule has 0 radical (unpaired) electrons. The van der Waals surface area contributed by atoms with Crippen molar-refractivity contribution in [2.75, 3.05) is 13.7 Å². The van der Waals surface area contributed by atoms with Crippen LogP contribution in [0, 0.1) is 5.41 Å². The molecule has 0 unspecified atom stereocenters. The van der Waals surface area contributed by atoms with Crippen molar-refractivity contribution < 1.29 is 38.2 Å². The molecule has 13 nitrogen and oxygen atoms in total. The van der Waals surface area contributed by atoms with Crippen LogP contribution >= 0.6 is 0 Å². The van der Waals surface area contributed by atoms with E-state index in [4.69, 9.17) is 19.2 Å². The average molecular weight is 744 g/mol. The molecule has 290 valence electrons. The van der Waals surface area contributed by atoms with Crippen LogP contribution in [0.3, 0.4) is 0 Å². The van der Waals surface area contributed by atoms with Crippen LogP contribution in [0.25, 0.3) is 22.2 Å². The lowest BCUT2D eigenvalue weighted by atomic mass is 9.85. The minimum Gasteiger partial charge on any atom is -0.497 e. The molecule has 4 atom stereocenters. The Labute approximate surface area is 316 Å². The highest BCUT2D eigenvalue weighted by atomic mass is 16.6. The highest BCUT2D eigenvalue weighted by Gasteiger charge is 2.47. The number of nitrogens with one attached hydrogen (secondary N) is 3. The first kappa shape index (κ1) is 40.0. The molecule has 1 aliphatic heterocycles. The van der Waals surface area contributed by atoms with E-state index in [0.29, 0.717) is 34.5 Å². The summed E-state index contributed by atoms with van der Waals surface area (Å²) in [5.41, 5.74) is 0.552. The maximum Gasteiger partial charge on any atom is 0.408 e. The van der Waals surface area contributed by atoms with Crippen molar-refractivity contribution in [3.8, 4) is 22.8 Å². The second kappa shape index (κ2) is 16.4. The third kappa shape index (κ3) is 10.1. The average Bonchev–Trinajstić information content (AvgIpc) is 3.83. The van der Waals surface area contributed by atoms with Crippen LogP contribution < -0.4 is 25.4 Å². The zero-order chi connectivity index (χ0) is 39.4. The number of carbonyl (C=O) groups excluding carboxylic acids is 5. The zero-order valence-electron chi connectivity index (χ0n) is 32.5. The molecule has 54 heavy (non-hydrogen) atoms. The Morgan fingerprint density at radius 3 is 2.26 bits per heavy atom. The molecule has 2 aliphatic rings. The predicted octanol–water partition coefficient (Wildman–Crippen LogP) is 5.33. The van der Waals surface area contributed by atoms with Crippen molar-refractivity contribution in [2.24, 2.45) is 5.41 Å². The van der Waals surface area contributed by atoms with Crippen LogP contribution in [0.1, 0.15) is 80.6 Å². The van der Waals surface area contributed by atoms with Crippen LogP contribution in [0.5, 0.6) is 11.5 Å². The molecule has 0 bridgehead atoms.